The second kappa shape index (κ2) is 8.23. The van der Waals surface area contributed by atoms with E-state index in [1.54, 1.807) is 24.3 Å². The first-order valence-electron chi connectivity index (χ1n) is 8.88. The van der Waals surface area contributed by atoms with Crippen molar-refractivity contribution in [1.29, 1.82) is 0 Å². The molecular weight excluding hydrogens is 370 g/mol. The second-order valence-corrected chi connectivity index (χ2v) is 8.23. The van der Waals surface area contributed by atoms with Gasteiger partial charge in [0.25, 0.3) is 5.91 Å². The quantitative estimate of drug-likeness (QED) is 0.554. The van der Waals surface area contributed by atoms with Crippen LogP contribution in [0.15, 0.2) is 24.3 Å². The number of nitrogens with one attached hydrogen (secondary N) is 1. The summed E-state index contributed by atoms with van der Waals surface area (Å²) in [5, 5.41) is 3.98. The Kier molecular flexibility index (Phi) is 5.99. The molecule has 1 aromatic heterocycles. The number of benzene rings is 1. The van der Waals surface area contributed by atoms with Crippen LogP contribution in [0.2, 0.25) is 5.02 Å². The van der Waals surface area contributed by atoms with Gasteiger partial charge in [0, 0.05) is 15.5 Å². The van der Waals surface area contributed by atoms with E-state index in [1.807, 2.05) is 13.8 Å². The molecule has 1 aliphatic carbocycles. The molecule has 0 spiro atoms. The van der Waals surface area contributed by atoms with Crippen molar-refractivity contribution in [1.82, 2.24) is 0 Å². The minimum Gasteiger partial charge on any atom is -0.459 e. The van der Waals surface area contributed by atoms with E-state index < -0.39 is 0 Å². The highest BCUT2D eigenvalue weighted by atomic mass is 35.5. The van der Waals surface area contributed by atoms with Crippen molar-refractivity contribution >= 4 is 39.8 Å². The van der Waals surface area contributed by atoms with Crippen molar-refractivity contribution in [2.24, 2.45) is 0 Å². The normalized spacial score (nSPS) is 13.8. The summed E-state index contributed by atoms with van der Waals surface area (Å²) in [4.78, 5) is 26.5. The van der Waals surface area contributed by atoms with Crippen LogP contribution in [0.1, 0.15) is 64.3 Å². The van der Waals surface area contributed by atoms with E-state index in [9.17, 15) is 9.59 Å². The average Bonchev–Trinajstić information content (AvgIpc) is 2.75. The Bertz CT molecular complexity index is 828. The average molecular weight is 392 g/mol. The van der Waals surface area contributed by atoms with Gasteiger partial charge >= 0.3 is 5.97 Å². The number of hydrogen-bond donors (Lipinski definition) is 1. The number of halogens is 1. The van der Waals surface area contributed by atoms with Gasteiger partial charge in [0.15, 0.2) is 0 Å². The molecule has 0 saturated carbocycles. The lowest BCUT2D eigenvalue weighted by molar-refractivity contribution is 0.0378. The molecule has 2 aromatic rings. The highest BCUT2D eigenvalue weighted by Crippen LogP contribution is 2.38. The molecule has 138 valence electrons. The number of anilines is 1. The first-order chi connectivity index (χ1) is 12.5. The molecule has 1 heterocycles. The van der Waals surface area contributed by atoms with E-state index in [0.717, 1.165) is 37.7 Å². The lowest BCUT2D eigenvalue weighted by atomic mass is 10.1. The van der Waals surface area contributed by atoms with E-state index in [1.165, 1.54) is 16.2 Å². The van der Waals surface area contributed by atoms with Crippen LogP contribution in [0.4, 0.5) is 5.00 Å². The van der Waals surface area contributed by atoms with Crippen molar-refractivity contribution in [2.45, 2.75) is 52.1 Å². The predicted molar refractivity (Wildman–Crippen MR) is 106 cm³/mol. The van der Waals surface area contributed by atoms with Crippen molar-refractivity contribution in [2.75, 3.05) is 5.32 Å². The Morgan fingerprint density at radius 1 is 1.19 bits per heavy atom. The van der Waals surface area contributed by atoms with Gasteiger partial charge in [-0.3, -0.25) is 4.79 Å². The summed E-state index contributed by atoms with van der Waals surface area (Å²) in [5.41, 5.74) is 2.03. The Labute approximate surface area is 162 Å². The SMILES string of the molecule is CC(C)OC(=O)c1c(NC(=O)c2cccc(Cl)c2)sc2c1CCCCC2. The second-order valence-electron chi connectivity index (χ2n) is 6.69. The first-order valence-corrected chi connectivity index (χ1v) is 10.1. The summed E-state index contributed by atoms with van der Waals surface area (Å²) in [5.74, 6) is -0.636. The maximum atomic E-state index is 12.7. The molecule has 1 N–H and O–H groups in total. The van der Waals surface area contributed by atoms with Crippen LogP contribution in [0, 0.1) is 0 Å². The minimum atomic E-state index is -0.360. The van der Waals surface area contributed by atoms with Gasteiger partial charge in [-0.25, -0.2) is 4.79 Å². The molecule has 0 radical (unpaired) electrons. The molecule has 3 rings (SSSR count). The van der Waals surface area contributed by atoms with Crippen LogP contribution in [0.3, 0.4) is 0 Å². The minimum absolute atomic E-state index is 0.208. The summed E-state index contributed by atoms with van der Waals surface area (Å²) >= 11 is 7.47. The zero-order valence-electron chi connectivity index (χ0n) is 14.9. The molecule has 0 unspecified atom stereocenters. The van der Waals surface area contributed by atoms with Crippen LogP contribution < -0.4 is 5.32 Å². The number of rotatable bonds is 4. The lowest BCUT2D eigenvalue weighted by Crippen LogP contribution is -2.17. The van der Waals surface area contributed by atoms with E-state index in [-0.39, 0.29) is 18.0 Å². The van der Waals surface area contributed by atoms with Crippen molar-refractivity contribution in [3.63, 3.8) is 0 Å². The highest BCUT2D eigenvalue weighted by Gasteiger charge is 2.27. The van der Waals surface area contributed by atoms with E-state index >= 15 is 0 Å². The topological polar surface area (TPSA) is 55.4 Å². The Hall–Kier alpha value is -1.85. The molecule has 6 heteroatoms. The molecule has 0 saturated heterocycles. The molecule has 0 bridgehead atoms. The molecule has 1 aromatic carbocycles. The van der Waals surface area contributed by atoms with E-state index in [2.05, 4.69) is 5.32 Å². The third-order valence-electron chi connectivity index (χ3n) is 4.28. The number of fused-ring (bicyclic) bond motifs is 1. The maximum Gasteiger partial charge on any atom is 0.341 e. The van der Waals surface area contributed by atoms with Crippen LogP contribution in [-0.2, 0) is 17.6 Å². The summed E-state index contributed by atoms with van der Waals surface area (Å²) in [6, 6.07) is 6.76. The molecule has 1 aliphatic rings. The van der Waals surface area contributed by atoms with E-state index in [4.69, 9.17) is 16.3 Å². The van der Waals surface area contributed by atoms with Gasteiger partial charge in [-0.2, -0.15) is 0 Å². The highest BCUT2D eigenvalue weighted by molar-refractivity contribution is 7.17. The summed E-state index contributed by atoms with van der Waals surface area (Å²) < 4.78 is 5.44. The van der Waals surface area contributed by atoms with Crippen molar-refractivity contribution < 1.29 is 14.3 Å². The fourth-order valence-electron chi connectivity index (χ4n) is 3.12. The molecule has 4 nitrogen and oxygen atoms in total. The maximum absolute atomic E-state index is 12.7. The fraction of sp³-hybridized carbons (Fsp3) is 0.400. The molecule has 26 heavy (non-hydrogen) atoms. The number of ether oxygens (including phenoxy) is 1. The standard InChI is InChI=1S/C20H22ClNO3S/c1-12(2)25-20(24)17-15-9-4-3-5-10-16(15)26-19(17)22-18(23)13-7-6-8-14(21)11-13/h6-8,11-12H,3-5,9-10H2,1-2H3,(H,22,23). The van der Waals surface area contributed by atoms with Gasteiger partial charge < -0.3 is 10.1 Å². The Morgan fingerprint density at radius 3 is 2.69 bits per heavy atom. The van der Waals surface area contributed by atoms with Crippen LogP contribution in [-0.4, -0.2) is 18.0 Å². The smallest absolute Gasteiger partial charge is 0.341 e. The number of carbonyl (C=O) groups excluding carboxylic acids is 2. The third-order valence-corrected chi connectivity index (χ3v) is 5.72. The number of hydrogen-bond acceptors (Lipinski definition) is 4. The van der Waals surface area contributed by atoms with Gasteiger partial charge in [0.05, 0.1) is 11.7 Å². The Morgan fingerprint density at radius 2 is 1.96 bits per heavy atom. The molecule has 0 aliphatic heterocycles. The zero-order valence-corrected chi connectivity index (χ0v) is 16.5. The predicted octanol–water partition coefficient (Wildman–Crippen LogP) is 5.49. The van der Waals surface area contributed by atoms with Gasteiger partial charge in [0.2, 0.25) is 0 Å². The first kappa shape index (κ1) is 18.9. The largest absolute Gasteiger partial charge is 0.459 e. The molecular formula is C20H22ClNO3S. The summed E-state index contributed by atoms with van der Waals surface area (Å²) in [7, 11) is 0. The number of aryl methyl sites for hydroxylation is 1. The van der Waals surface area contributed by atoms with Crippen molar-refractivity contribution in [3.05, 3.63) is 50.9 Å². The summed E-state index contributed by atoms with van der Waals surface area (Å²) in [6.07, 6.45) is 4.89. The number of carbonyl (C=O) groups is 2. The molecule has 0 atom stereocenters. The van der Waals surface area contributed by atoms with Gasteiger partial charge in [0.1, 0.15) is 5.00 Å². The van der Waals surface area contributed by atoms with Gasteiger partial charge in [-0.1, -0.05) is 24.1 Å². The molecule has 1 amide bonds. The van der Waals surface area contributed by atoms with Crippen LogP contribution in [0.5, 0.6) is 0 Å². The Balaban J connectivity index is 1.95. The summed E-state index contributed by atoms with van der Waals surface area (Å²) in [6.45, 7) is 3.65. The number of amides is 1. The van der Waals surface area contributed by atoms with Gasteiger partial charge in [-0.05, 0) is 63.3 Å². The lowest BCUT2D eigenvalue weighted by Gasteiger charge is -2.11. The fourth-order valence-corrected chi connectivity index (χ4v) is 4.59. The zero-order chi connectivity index (χ0) is 18.7. The van der Waals surface area contributed by atoms with E-state index in [0.29, 0.717) is 21.2 Å². The number of esters is 1. The van der Waals surface area contributed by atoms with Crippen LogP contribution >= 0.6 is 22.9 Å². The van der Waals surface area contributed by atoms with Crippen molar-refractivity contribution in [3.8, 4) is 0 Å². The molecule has 0 fully saturated rings. The van der Waals surface area contributed by atoms with Crippen LogP contribution in [0.25, 0.3) is 0 Å². The van der Waals surface area contributed by atoms with Gasteiger partial charge in [-0.15, -0.1) is 11.3 Å². The monoisotopic (exact) mass is 391 g/mol. The number of thiophene rings is 1. The third kappa shape index (κ3) is 4.27.